The predicted octanol–water partition coefficient (Wildman–Crippen LogP) is 7.64. The van der Waals surface area contributed by atoms with E-state index in [1.54, 1.807) is 0 Å². The second kappa shape index (κ2) is 10.8. The van der Waals surface area contributed by atoms with Gasteiger partial charge in [-0.15, -0.1) is 0 Å². The predicted molar refractivity (Wildman–Crippen MR) is 132 cm³/mol. The maximum atomic E-state index is 5.47. The molecule has 0 heterocycles. The summed E-state index contributed by atoms with van der Waals surface area (Å²) < 4.78 is 16.2. The van der Waals surface area contributed by atoms with Gasteiger partial charge in [0.05, 0.1) is 0 Å². The minimum Gasteiger partial charge on any atom is -0.428 e. The molecule has 0 unspecified atom stereocenters. The molecule has 0 N–H and O–H groups in total. The summed E-state index contributed by atoms with van der Waals surface area (Å²) in [5.41, 5.74) is 6.57. The Labute approximate surface area is 190 Å². The molecule has 0 bridgehead atoms. The Morgan fingerprint density at radius 1 is 0.621 bits per heavy atom. The molecule has 0 aliphatic carbocycles. The van der Waals surface area contributed by atoms with Crippen LogP contribution in [0.25, 0.3) is 22.3 Å². The molecule has 0 aliphatic heterocycles. The normalized spacial score (nSPS) is 10.1. The fourth-order valence-electron chi connectivity index (χ4n) is 3.28. The summed E-state index contributed by atoms with van der Waals surface area (Å²) >= 11 is 12.2. The molecule has 3 nitrogen and oxygen atoms in total. The summed E-state index contributed by atoms with van der Waals surface area (Å²) in [6, 6.07) is 16.1. The maximum Gasteiger partial charge on any atom is 0.148 e. The fraction of sp³-hybridized carbons (Fsp3) is 0.217. The average molecular weight is 447 g/mol. The van der Waals surface area contributed by atoms with E-state index in [2.05, 4.69) is 56.9 Å². The molecule has 6 heteroatoms. The van der Waals surface area contributed by atoms with Crippen LogP contribution in [0.5, 0.6) is 17.2 Å². The molecule has 3 rings (SSSR count). The number of hydrogen-bond acceptors (Lipinski definition) is 6. The molecular weight excluding hydrogens is 420 g/mol. The first-order chi connectivity index (χ1) is 14.0. The van der Waals surface area contributed by atoms with Crippen molar-refractivity contribution in [2.45, 2.75) is 34.6 Å². The smallest absolute Gasteiger partial charge is 0.148 e. The molecule has 0 saturated heterocycles. The summed E-state index contributed by atoms with van der Waals surface area (Å²) in [7, 11) is 0. The Kier molecular flexibility index (Phi) is 8.68. The molecule has 0 aromatic heterocycles. The van der Waals surface area contributed by atoms with Crippen LogP contribution in [0.1, 0.15) is 30.5 Å². The quantitative estimate of drug-likeness (QED) is 0.278. The van der Waals surface area contributed by atoms with Gasteiger partial charge in [-0.1, -0.05) is 50.2 Å². The van der Waals surface area contributed by atoms with Crippen molar-refractivity contribution in [2.24, 2.45) is 0 Å². The van der Waals surface area contributed by atoms with E-state index in [9.17, 15) is 0 Å². The molecule has 154 valence electrons. The van der Waals surface area contributed by atoms with Crippen molar-refractivity contribution in [3.05, 3.63) is 65.2 Å². The van der Waals surface area contributed by atoms with E-state index < -0.39 is 0 Å². The molecule has 0 fully saturated rings. The van der Waals surface area contributed by atoms with Crippen LogP contribution in [-0.2, 0) is 0 Å². The minimum absolute atomic E-state index is 0.612. The van der Waals surface area contributed by atoms with Gasteiger partial charge < -0.3 is 12.5 Å². The fourth-order valence-corrected chi connectivity index (χ4v) is 3.94. The molecule has 0 atom stereocenters. The van der Waals surface area contributed by atoms with Crippen LogP contribution in [-0.4, -0.2) is 0 Å². The van der Waals surface area contributed by atoms with Gasteiger partial charge in [0.25, 0.3) is 0 Å². The lowest BCUT2D eigenvalue weighted by Gasteiger charge is -2.21. The Bertz CT molecular complexity index is 973. The highest BCUT2D eigenvalue weighted by molar-refractivity contribution is 7.75. The van der Waals surface area contributed by atoms with E-state index in [1.807, 2.05) is 65.0 Å². The second-order valence-corrected chi connectivity index (χ2v) is 6.81. The highest BCUT2D eigenvalue weighted by atomic mass is 32.1. The minimum atomic E-state index is 0.612. The third-order valence-electron chi connectivity index (χ3n) is 4.82. The highest BCUT2D eigenvalue weighted by Crippen LogP contribution is 2.48. The van der Waals surface area contributed by atoms with Crippen molar-refractivity contribution in [1.29, 1.82) is 0 Å². The van der Waals surface area contributed by atoms with Gasteiger partial charge in [0, 0.05) is 55.4 Å². The first-order valence-electron chi connectivity index (χ1n) is 9.31. The lowest BCUT2D eigenvalue weighted by Crippen LogP contribution is -1.99. The van der Waals surface area contributed by atoms with E-state index in [0.717, 1.165) is 38.9 Å². The van der Waals surface area contributed by atoms with Crippen molar-refractivity contribution in [3.8, 4) is 39.5 Å². The first-order valence-corrected chi connectivity index (χ1v) is 10.4. The molecule has 29 heavy (non-hydrogen) atoms. The molecule has 3 aromatic carbocycles. The van der Waals surface area contributed by atoms with E-state index in [0.29, 0.717) is 17.2 Å². The Morgan fingerprint density at radius 2 is 1.21 bits per heavy atom. The van der Waals surface area contributed by atoms with Crippen molar-refractivity contribution in [1.82, 2.24) is 0 Å². The molecule has 0 aliphatic rings. The van der Waals surface area contributed by atoms with Crippen molar-refractivity contribution in [3.63, 3.8) is 0 Å². The summed E-state index contributed by atoms with van der Waals surface area (Å²) in [5, 5.41) is 0. The summed E-state index contributed by atoms with van der Waals surface area (Å²) in [6.45, 7) is 9.88. The third-order valence-corrected chi connectivity index (χ3v) is 5.39. The third kappa shape index (κ3) is 4.65. The van der Waals surface area contributed by atoms with Gasteiger partial charge in [-0.3, -0.25) is 0 Å². The van der Waals surface area contributed by atoms with Gasteiger partial charge in [0.2, 0.25) is 0 Å². The lowest BCUT2D eigenvalue weighted by atomic mass is 9.90. The second-order valence-electron chi connectivity index (χ2n) is 6.26. The van der Waals surface area contributed by atoms with Crippen LogP contribution >= 0.6 is 38.7 Å². The topological polar surface area (TPSA) is 27.7 Å². The van der Waals surface area contributed by atoms with Crippen LogP contribution in [0.15, 0.2) is 48.5 Å². The standard InChI is InChI=1S/C21H20O3S3.C2H6/c1-12-13(2)21(24-27)19(14(3)20(12)23-26)17-11-16(9-10-18(17)22-25)15-7-5-4-6-8-15;1-2/h4-11,25-27H,1-3H3;1-2H3. The zero-order valence-corrected chi connectivity index (χ0v) is 19.9. The number of thiol groups is 3. The van der Waals surface area contributed by atoms with Crippen LogP contribution in [0.4, 0.5) is 0 Å². The molecule has 0 amide bonds. The van der Waals surface area contributed by atoms with Crippen molar-refractivity contribution >= 4 is 38.7 Å². The maximum absolute atomic E-state index is 5.47. The summed E-state index contributed by atoms with van der Waals surface area (Å²) in [5.74, 6) is 1.95. The van der Waals surface area contributed by atoms with E-state index in [4.69, 9.17) is 12.5 Å². The first kappa shape index (κ1) is 23.4. The van der Waals surface area contributed by atoms with Crippen molar-refractivity contribution < 1.29 is 12.5 Å². The van der Waals surface area contributed by atoms with Crippen LogP contribution in [0.2, 0.25) is 0 Å². The molecule has 0 saturated carbocycles. The molecular formula is C23H26O3S3. The van der Waals surface area contributed by atoms with Crippen LogP contribution in [0.3, 0.4) is 0 Å². The number of hydrogen-bond donors (Lipinski definition) is 3. The van der Waals surface area contributed by atoms with E-state index in [1.165, 1.54) is 0 Å². The Hall–Kier alpha value is -1.89. The Morgan fingerprint density at radius 3 is 1.76 bits per heavy atom. The van der Waals surface area contributed by atoms with E-state index >= 15 is 0 Å². The van der Waals surface area contributed by atoms with Crippen molar-refractivity contribution in [2.75, 3.05) is 0 Å². The monoisotopic (exact) mass is 446 g/mol. The number of rotatable bonds is 5. The Balaban J connectivity index is 0.00000145. The van der Waals surface area contributed by atoms with Gasteiger partial charge in [0.1, 0.15) is 17.2 Å². The average Bonchev–Trinajstić information content (AvgIpc) is 2.78. The zero-order chi connectivity index (χ0) is 21.6. The van der Waals surface area contributed by atoms with Gasteiger partial charge in [-0.2, -0.15) is 0 Å². The largest absolute Gasteiger partial charge is 0.428 e. The number of benzene rings is 3. The van der Waals surface area contributed by atoms with Gasteiger partial charge in [0.15, 0.2) is 0 Å². The molecule has 3 aromatic rings. The zero-order valence-electron chi connectivity index (χ0n) is 17.2. The van der Waals surface area contributed by atoms with Crippen LogP contribution < -0.4 is 12.5 Å². The van der Waals surface area contributed by atoms with Gasteiger partial charge in [-0.05, 0) is 55.2 Å². The SMILES string of the molecule is CC.Cc1c(C)c(OS)c(-c2cc(-c3ccccc3)ccc2OS)c(C)c1OS. The lowest BCUT2D eigenvalue weighted by molar-refractivity contribution is 0.623. The highest BCUT2D eigenvalue weighted by Gasteiger charge is 2.23. The summed E-state index contributed by atoms with van der Waals surface area (Å²) in [4.78, 5) is 0. The van der Waals surface area contributed by atoms with Crippen LogP contribution in [0, 0.1) is 20.8 Å². The van der Waals surface area contributed by atoms with Gasteiger partial charge >= 0.3 is 0 Å². The summed E-state index contributed by atoms with van der Waals surface area (Å²) in [6.07, 6.45) is 0. The van der Waals surface area contributed by atoms with E-state index in [-0.39, 0.29) is 0 Å². The molecule has 0 radical (unpaired) electrons. The molecule has 0 spiro atoms. The van der Waals surface area contributed by atoms with Gasteiger partial charge in [-0.25, -0.2) is 0 Å².